The van der Waals surface area contributed by atoms with E-state index in [2.05, 4.69) is 0 Å². The summed E-state index contributed by atoms with van der Waals surface area (Å²) in [6.07, 6.45) is 1.61. The van der Waals surface area contributed by atoms with Gasteiger partial charge in [-0.25, -0.2) is 0 Å². The average Bonchev–Trinajstić information content (AvgIpc) is 1.65. The van der Waals surface area contributed by atoms with Crippen LogP contribution in [0, 0.1) is 0 Å². The first-order valence-electron chi connectivity index (χ1n) is 1.80. The Kier molecular flexibility index (Phi) is 2.95. The van der Waals surface area contributed by atoms with Crippen molar-refractivity contribution >= 4 is 11.6 Å². The van der Waals surface area contributed by atoms with E-state index in [9.17, 15) is 0 Å². The summed E-state index contributed by atoms with van der Waals surface area (Å²) in [5, 5.41) is 8.54. The zero-order chi connectivity index (χ0) is 4.99. The number of halogens is 1. The second-order valence-corrected chi connectivity index (χ2v) is 1.41. The van der Waals surface area contributed by atoms with Gasteiger partial charge in [0, 0.05) is 0 Å². The second kappa shape index (κ2) is 3.04. The van der Waals surface area contributed by atoms with Crippen LogP contribution in [-0.4, -0.2) is 5.11 Å². The van der Waals surface area contributed by atoms with Gasteiger partial charge in [-0.15, -0.1) is 0 Å². The molecule has 0 saturated heterocycles. The molecule has 0 spiro atoms. The smallest absolute Gasteiger partial charge is 0.0936 e. The highest BCUT2D eigenvalue weighted by Crippen LogP contribution is 2.01. The van der Waals surface area contributed by atoms with Crippen LogP contribution >= 0.6 is 11.6 Å². The van der Waals surface area contributed by atoms with Crippen molar-refractivity contribution in [1.29, 1.82) is 0 Å². The van der Waals surface area contributed by atoms with Gasteiger partial charge < -0.3 is 5.11 Å². The Labute approximate surface area is 42.2 Å². The lowest BCUT2D eigenvalue weighted by Gasteiger charge is -1.80. The third-order valence-electron chi connectivity index (χ3n) is 0.478. The lowest BCUT2D eigenvalue weighted by atomic mass is 10.5. The normalized spacial score (nSPS) is 12.0. The highest BCUT2D eigenvalue weighted by Gasteiger charge is 1.78. The summed E-state index contributed by atoms with van der Waals surface area (Å²) < 4.78 is 0. The first-order valence-corrected chi connectivity index (χ1v) is 2.17. The van der Waals surface area contributed by atoms with E-state index in [4.69, 9.17) is 16.7 Å². The summed E-state index contributed by atoms with van der Waals surface area (Å²) in [6, 6.07) is 0. The van der Waals surface area contributed by atoms with E-state index in [0.717, 1.165) is 6.26 Å². The van der Waals surface area contributed by atoms with Gasteiger partial charge in [0.15, 0.2) is 0 Å². The van der Waals surface area contributed by atoms with E-state index in [1.165, 1.54) is 0 Å². The summed E-state index contributed by atoms with van der Waals surface area (Å²) in [5.74, 6) is 0. The lowest BCUT2D eigenvalue weighted by molar-refractivity contribution is 0.469. The molecule has 0 aliphatic heterocycles. The van der Waals surface area contributed by atoms with Crippen LogP contribution in [0.1, 0.15) is 13.3 Å². The molecule has 0 atom stereocenters. The Bertz CT molecular complexity index is 58.6. The van der Waals surface area contributed by atoms with Gasteiger partial charge in [0.2, 0.25) is 0 Å². The summed E-state index contributed by atoms with van der Waals surface area (Å²) in [7, 11) is 0. The molecule has 1 nitrogen and oxygen atoms in total. The van der Waals surface area contributed by atoms with Crippen LogP contribution in [-0.2, 0) is 0 Å². The molecule has 0 unspecified atom stereocenters. The fourth-order valence-electron chi connectivity index (χ4n) is 0.0913. The van der Waals surface area contributed by atoms with Gasteiger partial charge in [-0.1, -0.05) is 18.5 Å². The molecule has 0 heterocycles. The van der Waals surface area contributed by atoms with Crippen LogP contribution in [0.15, 0.2) is 11.3 Å². The highest BCUT2D eigenvalue weighted by atomic mass is 35.5. The summed E-state index contributed by atoms with van der Waals surface area (Å²) >= 11 is 5.26. The van der Waals surface area contributed by atoms with E-state index >= 15 is 0 Å². The molecular weight excluding hydrogens is 99.5 g/mol. The van der Waals surface area contributed by atoms with Crippen LogP contribution in [0.4, 0.5) is 0 Å². The Morgan fingerprint density at radius 1 is 2.00 bits per heavy atom. The number of aliphatic hydroxyl groups is 1. The Hall–Kier alpha value is -0.170. The molecule has 0 saturated carbocycles. The molecule has 0 rings (SSSR count). The molecule has 0 radical (unpaired) electrons. The fourth-order valence-corrected chi connectivity index (χ4v) is 0.0913. The van der Waals surface area contributed by atoms with Crippen LogP contribution < -0.4 is 0 Å². The quantitative estimate of drug-likeness (QED) is 0.507. The van der Waals surface area contributed by atoms with Gasteiger partial charge >= 0.3 is 0 Å². The van der Waals surface area contributed by atoms with Crippen LogP contribution in [0.25, 0.3) is 0 Å². The van der Waals surface area contributed by atoms with Crippen LogP contribution in [0.3, 0.4) is 0 Å². The van der Waals surface area contributed by atoms with Crippen molar-refractivity contribution in [1.82, 2.24) is 0 Å². The van der Waals surface area contributed by atoms with Crippen molar-refractivity contribution in [3.8, 4) is 0 Å². The summed E-state index contributed by atoms with van der Waals surface area (Å²) in [5.41, 5.74) is 0. The Morgan fingerprint density at radius 3 is 2.50 bits per heavy atom. The molecule has 0 fully saturated rings. The number of allylic oxidation sites excluding steroid dienone is 1. The third kappa shape index (κ3) is 2.09. The largest absolute Gasteiger partial charge is 0.514 e. The second-order valence-electron chi connectivity index (χ2n) is 0.930. The van der Waals surface area contributed by atoms with Gasteiger partial charge in [0.25, 0.3) is 0 Å². The molecule has 0 bridgehead atoms. The van der Waals surface area contributed by atoms with Crippen molar-refractivity contribution < 1.29 is 5.11 Å². The maximum absolute atomic E-state index is 8.04. The zero-order valence-corrected chi connectivity index (χ0v) is 4.37. The van der Waals surface area contributed by atoms with Gasteiger partial charge in [-0.2, -0.15) is 0 Å². The van der Waals surface area contributed by atoms with Crippen molar-refractivity contribution in [2.45, 2.75) is 13.3 Å². The van der Waals surface area contributed by atoms with E-state index in [1.807, 2.05) is 6.92 Å². The maximum Gasteiger partial charge on any atom is 0.0936 e. The minimum absolute atomic E-state index is 0.495. The molecule has 0 aromatic carbocycles. The minimum Gasteiger partial charge on any atom is -0.514 e. The molecule has 0 aromatic rings. The van der Waals surface area contributed by atoms with E-state index in [1.54, 1.807) is 0 Å². The van der Waals surface area contributed by atoms with Crippen LogP contribution in [0.5, 0.6) is 0 Å². The van der Waals surface area contributed by atoms with E-state index in [-0.39, 0.29) is 0 Å². The monoisotopic (exact) mass is 106 g/mol. The molecular formula is C4H7ClO. The summed E-state index contributed by atoms with van der Waals surface area (Å²) in [6.45, 7) is 1.87. The predicted molar refractivity (Wildman–Crippen MR) is 26.9 cm³/mol. The van der Waals surface area contributed by atoms with Gasteiger partial charge in [-0.05, 0) is 6.42 Å². The number of aliphatic hydroxyl groups excluding tert-OH is 1. The number of rotatable bonds is 1. The van der Waals surface area contributed by atoms with E-state index < -0.39 is 0 Å². The number of hydrogen-bond donors (Lipinski definition) is 1. The molecule has 2 heteroatoms. The first kappa shape index (κ1) is 5.83. The Morgan fingerprint density at radius 2 is 2.50 bits per heavy atom. The summed E-state index contributed by atoms with van der Waals surface area (Å²) in [4.78, 5) is 0. The first-order chi connectivity index (χ1) is 2.81. The van der Waals surface area contributed by atoms with Crippen LogP contribution in [0.2, 0.25) is 0 Å². The molecule has 0 aliphatic rings. The van der Waals surface area contributed by atoms with Gasteiger partial charge in [0.1, 0.15) is 0 Å². The zero-order valence-electron chi connectivity index (χ0n) is 3.61. The topological polar surface area (TPSA) is 20.2 Å². The molecule has 6 heavy (non-hydrogen) atoms. The maximum atomic E-state index is 8.04. The molecule has 36 valence electrons. The van der Waals surface area contributed by atoms with Gasteiger partial charge in [0.05, 0.1) is 11.3 Å². The third-order valence-corrected chi connectivity index (χ3v) is 0.843. The van der Waals surface area contributed by atoms with Crippen molar-refractivity contribution in [3.05, 3.63) is 11.3 Å². The predicted octanol–water partition coefficient (Wildman–Crippen LogP) is 2.03. The highest BCUT2D eigenvalue weighted by molar-refractivity contribution is 6.29. The molecule has 0 aromatic heterocycles. The van der Waals surface area contributed by atoms with E-state index in [0.29, 0.717) is 11.5 Å². The minimum atomic E-state index is 0.495. The van der Waals surface area contributed by atoms with Crippen molar-refractivity contribution in [2.75, 3.05) is 0 Å². The Balaban J connectivity index is 3.22. The average molecular weight is 107 g/mol. The molecule has 1 N–H and O–H groups in total. The van der Waals surface area contributed by atoms with Gasteiger partial charge in [-0.3, -0.25) is 0 Å². The standard InChI is InChI=1S/C4H7ClO/c1-2-4(5)3-6/h3,6H,2H2,1H3. The van der Waals surface area contributed by atoms with Crippen molar-refractivity contribution in [3.63, 3.8) is 0 Å². The molecule has 0 aliphatic carbocycles. The molecule has 0 amide bonds. The SMILES string of the molecule is CCC(Cl)=CO. The van der Waals surface area contributed by atoms with Crippen molar-refractivity contribution in [2.24, 2.45) is 0 Å². The lowest BCUT2D eigenvalue weighted by Crippen LogP contribution is -1.61. The number of hydrogen-bond acceptors (Lipinski definition) is 1. The fraction of sp³-hybridized carbons (Fsp3) is 0.500.